The minimum Gasteiger partial charge on any atom is -0.300 e. The van der Waals surface area contributed by atoms with Crippen LogP contribution in [0.3, 0.4) is 0 Å². The Morgan fingerprint density at radius 1 is 0.920 bits per heavy atom. The Kier molecular flexibility index (Phi) is 4.40. The fourth-order valence-electron chi connectivity index (χ4n) is 4.17. The fourth-order valence-corrected chi connectivity index (χ4v) is 6.26. The average molecular weight is 356 g/mol. The van der Waals surface area contributed by atoms with Gasteiger partial charge in [0.15, 0.2) is 9.84 Å². The van der Waals surface area contributed by atoms with Gasteiger partial charge in [0.1, 0.15) is 0 Å². The summed E-state index contributed by atoms with van der Waals surface area (Å²) in [4.78, 5) is 4.59. The van der Waals surface area contributed by atoms with Crippen molar-refractivity contribution in [2.24, 2.45) is 0 Å². The summed E-state index contributed by atoms with van der Waals surface area (Å²) in [7, 11) is -0.883. The first kappa shape index (κ1) is 16.8. The van der Waals surface area contributed by atoms with Gasteiger partial charge in [-0.15, -0.1) is 0 Å². The summed E-state index contributed by atoms with van der Waals surface area (Å²) < 4.78 is 24.4. The molecule has 0 aliphatic carbocycles. The number of hydrogen-bond acceptors (Lipinski definition) is 4. The van der Waals surface area contributed by atoms with Crippen LogP contribution in [0.2, 0.25) is 0 Å². The third-order valence-electron chi connectivity index (χ3n) is 5.54. The normalized spacial score (nSPS) is 26.4. The molecule has 0 saturated carbocycles. The van der Waals surface area contributed by atoms with Gasteiger partial charge in [-0.05, 0) is 23.7 Å². The predicted octanol–water partition coefficient (Wildman–Crippen LogP) is 2.27. The van der Waals surface area contributed by atoms with Crippen molar-refractivity contribution in [1.29, 1.82) is 0 Å². The first-order chi connectivity index (χ1) is 12.0. The molecule has 0 amide bonds. The van der Waals surface area contributed by atoms with E-state index < -0.39 is 9.84 Å². The van der Waals surface area contributed by atoms with Gasteiger partial charge in [0.25, 0.3) is 0 Å². The van der Waals surface area contributed by atoms with Crippen LogP contribution in [-0.2, 0) is 16.4 Å². The van der Waals surface area contributed by atoms with Crippen LogP contribution in [-0.4, -0.2) is 61.9 Å². The predicted molar refractivity (Wildman–Crippen MR) is 101 cm³/mol. The third-order valence-corrected chi connectivity index (χ3v) is 7.24. The lowest BCUT2D eigenvalue weighted by Gasteiger charge is -2.42. The monoisotopic (exact) mass is 356 g/mol. The Balaban J connectivity index is 1.63. The molecule has 4 rings (SSSR count). The summed E-state index contributed by atoms with van der Waals surface area (Å²) in [6.45, 7) is 2.64. The number of likely N-dealkylation sites (N-methyl/N-ethyl adjacent to an activating group) is 1. The smallest absolute Gasteiger partial charge is 0.153 e. The number of rotatable bonds is 3. The van der Waals surface area contributed by atoms with Gasteiger partial charge in [-0.3, -0.25) is 9.80 Å². The highest BCUT2D eigenvalue weighted by molar-refractivity contribution is 7.91. The van der Waals surface area contributed by atoms with Crippen LogP contribution in [0, 0.1) is 0 Å². The number of nitrogens with zero attached hydrogens (tertiary/aromatic N) is 2. The first-order valence-electron chi connectivity index (χ1n) is 8.81. The molecule has 2 aliphatic heterocycles. The van der Waals surface area contributed by atoms with Crippen LogP contribution in [0.4, 0.5) is 0 Å². The zero-order chi connectivity index (χ0) is 17.4. The maximum atomic E-state index is 12.2. The summed E-state index contributed by atoms with van der Waals surface area (Å²) in [5.74, 6) is 0.584. The van der Waals surface area contributed by atoms with Crippen LogP contribution in [0.1, 0.15) is 5.56 Å². The van der Waals surface area contributed by atoms with Crippen molar-refractivity contribution in [3.63, 3.8) is 0 Å². The van der Waals surface area contributed by atoms with Gasteiger partial charge >= 0.3 is 0 Å². The SMILES string of the molecule is CN1CCN(Cc2ccccc2-c2ccccc2)[C@@H]2CS(=O)(=O)C[C@@H]21. The molecule has 0 radical (unpaired) electrons. The molecule has 0 bridgehead atoms. The molecule has 2 aromatic carbocycles. The molecule has 0 aromatic heterocycles. The van der Waals surface area contributed by atoms with Crippen LogP contribution in [0.25, 0.3) is 11.1 Å². The summed E-state index contributed by atoms with van der Waals surface area (Å²) in [5, 5.41) is 0. The van der Waals surface area contributed by atoms with E-state index in [0.717, 1.165) is 19.6 Å². The molecule has 2 aliphatic rings. The van der Waals surface area contributed by atoms with E-state index in [2.05, 4.69) is 58.3 Å². The maximum Gasteiger partial charge on any atom is 0.153 e. The van der Waals surface area contributed by atoms with E-state index in [1.54, 1.807) is 0 Å². The molecule has 132 valence electrons. The Labute approximate surface area is 150 Å². The average Bonchev–Trinajstić information content (AvgIpc) is 2.95. The highest BCUT2D eigenvalue weighted by Gasteiger charge is 2.45. The Morgan fingerprint density at radius 3 is 2.40 bits per heavy atom. The van der Waals surface area contributed by atoms with Crippen molar-refractivity contribution in [3.8, 4) is 11.1 Å². The van der Waals surface area contributed by atoms with Crippen molar-refractivity contribution >= 4 is 9.84 Å². The van der Waals surface area contributed by atoms with E-state index in [-0.39, 0.29) is 17.8 Å². The van der Waals surface area contributed by atoms with Crippen LogP contribution in [0.15, 0.2) is 54.6 Å². The second-order valence-electron chi connectivity index (χ2n) is 7.19. The van der Waals surface area contributed by atoms with E-state index in [0.29, 0.717) is 5.75 Å². The highest BCUT2D eigenvalue weighted by atomic mass is 32.2. The van der Waals surface area contributed by atoms with Crippen LogP contribution in [0.5, 0.6) is 0 Å². The minimum atomic E-state index is -2.93. The molecule has 0 spiro atoms. The lowest BCUT2D eigenvalue weighted by molar-refractivity contribution is 0.0574. The maximum absolute atomic E-state index is 12.2. The van der Waals surface area contributed by atoms with E-state index in [1.165, 1.54) is 16.7 Å². The van der Waals surface area contributed by atoms with Gasteiger partial charge in [0, 0.05) is 31.7 Å². The van der Waals surface area contributed by atoms with Crippen molar-refractivity contribution in [2.45, 2.75) is 18.6 Å². The zero-order valence-electron chi connectivity index (χ0n) is 14.5. The first-order valence-corrected chi connectivity index (χ1v) is 10.6. The molecule has 2 heterocycles. The molecule has 2 aromatic rings. The van der Waals surface area contributed by atoms with E-state index in [1.807, 2.05) is 13.1 Å². The molecular weight excluding hydrogens is 332 g/mol. The Morgan fingerprint density at radius 2 is 1.60 bits per heavy atom. The van der Waals surface area contributed by atoms with Gasteiger partial charge in [-0.2, -0.15) is 0 Å². The van der Waals surface area contributed by atoms with E-state index in [9.17, 15) is 8.42 Å². The Hall–Kier alpha value is -1.69. The highest BCUT2D eigenvalue weighted by Crippen LogP contribution is 2.30. The topological polar surface area (TPSA) is 40.6 Å². The molecule has 2 atom stereocenters. The van der Waals surface area contributed by atoms with Gasteiger partial charge in [-0.1, -0.05) is 54.6 Å². The molecule has 0 N–H and O–H groups in total. The summed E-state index contributed by atoms with van der Waals surface area (Å²) in [5.41, 5.74) is 3.71. The third kappa shape index (κ3) is 3.36. The van der Waals surface area contributed by atoms with Crippen molar-refractivity contribution in [1.82, 2.24) is 9.80 Å². The zero-order valence-corrected chi connectivity index (χ0v) is 15.3. The van der Waals surface area contributed by atoms with Crippen molar-refractivity contribution in [2.75, 3.05) is 31.6 Å². The summed E-state index contributed by atoms with van der Waals surface area (Å²) >= 11 is 0. The van der Waals surface area contributed by atoms with Gasteiger partial charge in [0.05, 0.1) is 11.5 Å². The van der Waals surface area contributed by atoms with E-state index >= 15 is 0 Å². The number of fused-ring (bicyclic) bond motifs is 1. The van der Waals surface area contributed by atoms with E-state index in [4.69, 9.17) is 0 Å². The summed E-state index contributed by atoms with van der Waals surface area (Å²) in [6, 6.07) is 19.1. The van der Waals surface area contributed by atoms with Crippen molar-refractivity contribution in [3.05, 3.63) is 60.2 Å². The van der Waals surface area contributed by atoms with Gasteiger partial charge < -0.3 is 0 Å². The molecule has 5 heteroatoms. The number of hydrogen-bond donors (Lipinski definition) is 0. The molecule has 0 unspecified atom stereocenters. The quantitative estimate of drug-likeness (QED) is 0.846. The van der Waals surface area contributed by atoms with Crippen LogP contribution >= 0.6 is 0 Å². The minimum absolute atomic E-state index is 0.104. The molecule has 4 nitrogen and oxygen atoms in total. The fraction of sp³-hybridized carbons (Fsp3) is 0.400. The lowest BCUT2D eigenvalue weighted by atomic mass is 9.97. The second-order valence-corrected chi connectivity index (χ2v) is 9.34. The molecule has 2 fully saturated rings. The van der Waals surface area contributed by atoms with Gasteiger partial charge in [-0.25, -0.2) is 8.42 Å². The van der Waals surface area contributed by atoms with Crippen molar-refractivity contribution < 1.29 is 8.42 Å². The molecule has 2 saturated heterocycles. The van der Waals surface area contributed by atoms with Crippen LogP contribution < -0.4 is 0 Å². The number of sulfone groups is 1. The molecule has 25 heavy (non-hydrogen) atoms. The standard InChI is InChI=1S/C20H24N2O2S/c1-21-11-12-22(20-15-25(23,24)14-19(20)21)13-17-9-5-6-10-18(17)16-7-3-2-4-8-16/h2-10,19-20H,11-15H2,1H3/t19-,20+/m0/s1. The molecular formula is C20H24N2O2S. The lowest BCUT2D eigenvalue weighted by Crippen LogP contribution is -2.57. The Bertz CT molecular complexity index is 851. The van der Waals surface area contributed by atoms with Gasteiger partial charge in [0.2, 0.25) is 0 Å². The largest absolute Gasteiger partial charge is 0.300 e. The summed E-state index contributed by atoms with van der Waals surface area (Å²) in [6.07, 6.45) is 0. The number of benzene rings is 2. The number of piperazine rings is 1. The second kappa shape index (κ2) is 6.56.